The number of nitrogens with one attached hydrogen (secondary N) is 1. The number of aryl methyl sites for hydroxylation is 1. The third-order valence-corrected chi connectivity index (χ3v) is 10.6. The fourth-order valence-corrected chi connectivity index (χ4v) is 7.66. The fraction of sp³-hybridized carbons (Fsp3) is 0.655. The molecule has 1 aromatic heterocycles. The highest BCUT2D eigenvalue weighted by atomic mass is 35.5. The Morgan fingerprint density at radius 3 is 2.22 bits per heavy atom. The highest BCUT2D eigenvalue weighted by molar-refractivity contribution is 7.89. The zero-order valence-corrected chi connectivity index (χ0v) is 26.7. The van der Waals surface area contributed by atoms with Crippen LogP contribution in [0.1, 0.15) is 68.3 Å². The van der Waals surface area contributed by atoms with Gasteiger partial charge in [-0.2, -0.15) is 9.40 Å². The van der Waals surface area contributed by atoms with Crippen molar-refractivity contribution in [3.63, 3.8) is 0 Å². The molecule has 0 unspecified atom stereocenters. The Balaban J connectivity index is 0.00000231. The minimum atomic E-state index is -3.52. The summed E-state index contributed by atoms with van der Waals surface area (Å²) in [4.78, 5) is 15.3. The Kier molecular flexibility index (Phi) is 12.5. The van der Waals surface area contributed by atoms with Crippen molar-refractivity contribution in [1.29, 1.82) is 0 Å². The number of morpholine rings is 1. The summed E-state index contributed by atoms with van der Waals surface area (Å²) in [6.07, 6.45) is 8.91. The summed E-state index contributed by atoms with van der Waals surface area (Å²) in [5.74, 6) is 0.809. The molecule has 41 heavy (non-hydrogen) atoms. The van der Waals surface area contributed by atoms with E-state index in [1.165, 1.54) is 42.0 Å². The Morgan fingerprint density at radius 2 is 1.59 bits per heavy atom. The third-order valence-electron chi connectivity index (χ3n) is 8.66. The molecule has 2 saturated heterocycles. The standard InChI is InChI=1S/C29H43N5O4S.2ClH/c1-22-28(21-32-14-12-25(13-15-32)30-29(35)20-24-6-4-3-5-7-24)23(2)34(31-22)26-8-10-27(11-9-26)39(36,37)33-16-18-38-19-17-33;;/h8-11,24-25H,3-7,12-21H2,1-2H3,(H,30,35);2*1H. The van der Waals surface area contributed by atoms with Crippen molar-refractivity contribution in [2.45, 2.75) is 82.7 Å². The number of hydrogen-bond acceptors (Lipinski definition) is 6. The summed E-state index contributed by atoms with van der Waals surface area (Å²) in [6, 6.07) is 7.28. The van der Waals surface area contributed by atoms with Crippen LogP contribution in [0, 0.1) is 19.8 Å². The predicted octanol–water partition coefficient (Wildman–Crippen LogP) is 4.40. The Hall–Kier alpha value is -1.69. The zero-order valence-electron chi connectivity index (χ0n) is 24.2. The van der Waals surface area contributed by atoms with Crippen LogP contribution in [-0.2, 0) is 26.1 Å². The van der Waals surface area contributed by atoms with Gasteiger partial charge in [0.15, 0.2) is 0 Å². The lowest BCUT2D eigenvalue weighted by Crippen LogP contribution is -2.44. The zero-order chi connectivity index (χ0) is 27.4. The molecule has 0 spiro atoms. The molecule has 1 aromatic carbocycles. The van der Waals surface area contributed by atoms with E-state index in [0.717, 1.165) is 49.6 Å². The Labute approximate surface area is 257 Å². The molecule has 0 bridgehead atoms. The molecular formula is C29H45Cl2N5O4S. The second kappa shape index (κ2) is 15.2. The number of nitrogens with zero attached hydrogens (tertiary/aromatic N) is 4. The van der Waals surface area contributed by atoms with Crippen LogP contribution in [0.15, 0.2) is 29.2 Å². The van der Waals surface area contributed by atoms with Crippen molar-refractivity contribution in [3.8, 4) is 5.69 Å². The van der Waals surface area contributed by atoms with E-state index in [1.807, 2.05) is 23.7 Å². The Morgan fingerprint density at radius 1 is 0.951 bits per heavy atom. The molecule has 1 saturated carbocycles. The maximum Gasteiger partial charge on any atom is 0.243 e. The van der Waals surface area contributed by atoms with Gasteiger partial charge >= 0.3 is 0 Å². The van der Waals surface area contributed by atoms with Crippen molar-refractivity contribution in [2.24, 2.45) is 5.92 Å². The predicted molar refractivity (Wildman–Crippen MR) is 165 cm³/mol. The topological polar surface area (TPSA) is 96.8 Å². The van der Waals surface area contributed by atoms with Crippen LogP contribution in [-0.4, -0.2) is 78.7 Å². The SMILES string of the molecule is Cc1nn(-c2ccc(S(=O)(=O)N3CCOCC3)cc2)c(C)c1CN1CCC(NC(=O)CC2CCCCC2)CC1.Cl.Cl. The molecule has 1 aliphatic carbocycles. The number of halogens is 2. The van der Waals surface area contributed by atoms with E-state index in [1.54, 1.807) is 12.1 Å². The van der Waals surface area contributed by atoms with Gasteiger partial charge in [0.1, 0.15) is 0 Å². The number of amides is 1. The minimum Gasteiger partial charge on any atom is -0.379 e. The average molecular weight is 631 g/mol. The number of sulfonamides is 1. The third kappa shape index (κ3) is 8.24. The van der Waals surface area contributed by atoms with Crippen molar-refractivity contribution < 1.29 is 17.9 Å². The van der Waals surface area contributed by atoms with Gasteiger partial charge in [0.05, 0.1) is 29.5 Å². The molecule has 2 aliphatic heterocycles. The van der Waals surface area contributed by atoms with Gasteiger partial charge < -0.3 is 10.1 Å². The Bertz CT molecular complexity index is 1230. The number of rotatable bonds is 8. The van der Waals surface area contributed by atoms with Crippen LogP contribution in [0.5, 0.6) is 0 Å². The molecule has 2 aromatic rings. The van der Waals surface area contributed by atoms with E-state index in [-0.39, 0.29) is 36.8 Å². The van der Waals surface area contributed by atoms with Crippen LogP contribution < -0.4 is 5.32 Å². The summed E-state index contributed by atoms with van der Waals surface area (Å²) in [5, 5.41) is 8.09. The maximum atomic E-state index is 13.0. The summed E-state index contributed by atoms with van der Waals surface area (Å²) >= 11 is 0. The summed E-state index contributed by atoms with van der Waals surface area (Å²) < 4.78 is 34.6. The van der Waals surface area contributed by atoms with Crippen LogP contribution in [0.3, 0.4) is 0 Å². The van der Waals surface area contributed by atoms with Crippen LogP contribution >= 0.6 is 24.8 Å². The summed E-state index contributed by atoms with van der Waals surface area (Å²) in [6.45, 7) is 8.46. The van der Waals surface area contributed by atoms with E-state index < -0.39 is 10.0 Å². The molecule has 3 heterocycles. The normalized spacial score (nSPS) is 19.8. The van der Waals surface area contributed by atoms with Crippen LogP contribution in [0.25, 0.3) is 5.69 Å². The first-order valence-corrected chi connectivity index (χ1v) is 16.0. The number of benzene rings is 1. The van der Waals surface area contributed by atoms with Gasteiger partial charge in [0, 0.05) is 56.4 Å². The molecular weight excluding hydrogens is 585 g/mol. The molecule has 12 heteroatoms. The van der Waals surface area contributed by atoms with Gasteiger partial charge in [-0.05, 0) is 69.7 Å². The van der Waals surface area contributed by atoms with Crippen molar-refractivity contribution >= 4 is 40.7 Å². The minimum absolute atomic E-state index is 0. The largest absolute Gasteiger partial charge is 0.379 e. The molecule has 1 N–H and O–H groups in total. The van der Waals surface area contributed by atoms with E-state index in [2.05, 4.69) is 17.1 Å². The highest BCUT2D eigenvalue weighted by Crippen LogP contribution is 2.27. The van der Waals surface area contributed by atoms with Crippen LogP contribution in [0.2, 0.25) is 0 Å². The van der Waals surface area contributed by atoms with E-state index in [0.29, 0.717) is 43.5 Å². The van der Waals surface area contributed by atoms with E-state index in [4.69, 9.17) is 9.84 Å². The number of hydrogen-bond donors (Lipinski definition) is 1. The number of likely N-dealkylation sites (tertiary alicyclic amines) is 1. The lowest BCUT2D eigenvalue weighted by atomic mass is 9.86. The van der Waals surface area contributed by atoms with Gasteiger partial charge in [-0.25, -0.2) is 13.1 Å². The monoisotopic (exact) mass is 629 g/mol. The molecule has 5 rings (SSSR count). The average Bonchev–Trinajstić information content (AvgIpc) is 3.23. The lowest BCUT2D eigenvalue weighted by molar-refractivity contribution is -0.123. The number of aromatic nitrogens is 2. The molecule has 9 nitrogen and oxygen atoms in total. The van der Waals surface area contributed by atoms with Gasteiger partial charge in [0.2, 0.25) is 15.9 Å². The quantitative estimate of drug-likeness (QED) is 0.465. The maximum absolute atomic E-state index is 13.0. The highest BCUT2D eigenvalue weighted by Gasteiger charge is 2.27. The number of piperidine rings is 1. The number of ether oxygens (including phenoxy) is 1. The van der Waals surface area contributed by atoms with E-state index in [9.17, 15) is 13.2 Å². The van der Waals surface area contributed by atoms with Crippen molar-refractivity contribution in [2.75, 3.05) is 39.4 Å². The van der Waals surface area contributed by atoms with Crippen LogP contribution in [0.4, 0.5) is 0 Å². The molecule has 0 atom stereocenters. The summed E-state index contributed by atoms with van der Waals surface area (Å²) in [7, 11) is -3.52. The van der Waals surface area contributed by atoms with Gasteiger partial charge in [0.25, 0.3) is 0 Å². The number of carbonyl (C=O) groups excluding carboxylic acids is 1. The smallest absolute Gasteiger partial charge is 0.243 e. The first kappa shape index (κ1) is 33.8. The van der Waals surface area contributed by atoms with Gasteiger partial charge in [-0.3, -0.25) is 9.69 Å². The first-order valence-electron chi connectivity index (χ1n) is 14.6. The molecule has 3 fully saturated rings. The molecule has 3 aliphatic rings. The van der Waals surface area contributed by atoms with Crippen molar-refractivity contribution in [3.05, 3.63) is 41.2 Å². The van der Waals surface area contributed by atoms with E-state index >= 15 is 0 Å². The summed E-state index contributed by atoms with van der Waals surface area (Å²) in [5.41, 5.74) is 4.11. The van der Waals surface area contributed by atoms with Gasteiger partial charge in [-0.1, -0.05) is 19.3 Å². The molecule has 0 radical (unpaired) electrons. The fourth-order valence-electron chi connectivity index (χ4n) is 6.25. The second-order valence-electron chi connectivity index (χ2n) is 11.4. The lowest BCUT2D eigenvalue weighted by Gasteiger charge is -2.33. The van der Waals surface area contributed by atoms with Gasteiger partial charge in [-0.15, -0.1) is 24.8 Å². The first-order chi connectivity index (χ1) is 18.8. The number of carbonyl (C=O) groups is 1. The van der Waals surface area contributed by atoms with Crippen molar-refractivity contribution in [1.82, 2.24) is 24.3 Å². The second-order valence-corrected chi connectivity index (χ2v) is 13.3. The molecule has 230 valence electrons. The molecule has 1 amide bonds.